The van der Waals surface area contributed by atoms with E-state index in [4.69, 9.17) is 0 Å². The molecular weight excluding hydrogens is 990 g/mol. The molecule has 0 amide bonds. The van der Waals surface area contributed by atoms with Crippen molar-refractivity contribution < 1.29 is 0 Å². The summed E-state index contributed by atoms with van der Waals surface area (Å²) in [6.45, 7) is 32.7. The molecule has 3 heterocycles. The van der Waals surface area contributed by atoms with Crippen LogP contribution in [-0.2, 0) is 21.7 Å². The number of rotatable bonds is 6. The standard InChI is InChI=1S/C78H76BN3/c1-49-24-18-20-28-62(49)53-32-35-66-70(39-53)81(59-43-55(75(3,4)5)41-56(44-59)76(6,7)8)72-47-61(80-68-31-23-22-30-64(68)65-38-52(34-37-69(65)80)51-26-16-15-17-27-51)48-73-74(72)79(66)67-36-33-54(63-29-21-19-25-50(63)2)40-71(67)82(73)60-45-57(77(9,10)11)42-58(46-60)78(12,13)14/h15-48H,1-14H3. The van der Waals surface area contributed by atoms with E-state index in [1.807, 2.05) is 0 Å². The Kier molecular flexibility index (Phi) is 12.4. The highest BCUT2D eigenvalue weighted by molar-refractivity contribution is 7.00. The molecule has 1 aromatic heterocycles. The normalized spacial score (nSPS) is 13.4. The number of hydrogen-bond donors (Lipinski definition) is 0. The summed E-state index contributed by atoms with van der Waals surface area (Å²) in [5, 5.41) is 2.46. The van der Waals surface area contributed by atoms with Gasteiger partial charge in [-0.3, -0.25) is 0 Å². The molecule has 0 bridgehead atoms. The molecule has 0 fully saturated rings. The fraction of sp³-hybridized carbons (Fsp3) is 0.231. The molecule has 82 heavy (non-hydrogen) atoms. The van der Waals surface area contributed by atoms with Crippen LogP contribution in [0, 0.1) is 13.8 Å². The van der Waals surface area contributed by atoms with Gasteiger partial charge >= 0.3 is 0 Å². The lowest BCUT2D eigenvalue weighted by atomic mass is 9.33. The van der Waals surface area contributed by atoms with Crippen molar-refractivity contribution in [1.29, 1.82) is 0 Å². The minimum atomic E-state index is -0.115. The van der Waals surface area contributed by atoms with Crippen LogP contribution in [0.2, 0.25) is 0 Å². The van der Waals surface area contributed by atoms with Crippen molar-refractivity contribution >= 4 is 79.0 Å². The smallest absolute Gasteiger partial charge is 0.252 e. The van der Waals surface area contributed by atoms with Crippen molar-refractivity contribution in [2.45, 2.75) is 119 Å². The second kappa shape index (κ2) is 19.1. The average Bonchev–Trinajstić information content (AvgIpc) is 1.17. The number of benzene rings is 10. The van der Waals surface area contributed by atoms with Gasteiger partial charge in [-0.1, -0.05) is 223 Å². The van der Waals surface area contributed by atoms with Crippen LogP contribution in [0.15, 0.2) is 206 Å². The van der Waals surface area contributed by atoms with Gasteiger partial charge in [0.1, 0.15) is 0 Å². The Morgan fingerprint density at radius 2 is 0.720 bits per heavy atom. The second-order valence-electron chi connectivity index (χ2n) is 27.7. The quantitative estimate of drug-likeness (QED) is 0.154. The highest BCUT2D eigenvalue weighted by atomic mass is 15.2. The SMILES string of the molecule is Cc1ccccc1-c1ccc2c(c1)N(c1cc(C(C)(C)C)cc(C(C)(C)C)c1)c1cc(-n3c4ccccc4c4cc(-c5ccccc5)ccc43)cc3c1B2c1ccc(-c2ccccc2C)cc1N3c1cc(C(C)(C)C)cc(C(C)(C)C)c1. The topological polar surface area (TPSA) is 11.4 Å². The van der Waals surface area contributed by atoms with E-state index in [1.165, 1.54) is 139 Å². The first-order valence-corrected chi connectivity index (χ1v) is 29.6. The predicted octanol–water partition coefficient (Wildman–Crippen LogP) is 19.7. The summed E-state index contributed by atoms with van der Waals surface area (Å²) < 4.78 is 2.55. The monoisotopic (exact) mass is 1070 g/mol. The molecule has 0 saturated heterocycles. The maximum Gasteiger partial charge on any atom is 0.252 e. The lowest BCUT2D eigenvalue weighted by Gasteiger charge is -2.45. The first kappa shape index (κ1) is 53.0. The predicted molar refractivity (Wildman–Crippen MR) is 355 cm³/mol. The van der Waals surface area contributed by atoms with Crippen molar-refractivity contribution in [2.24, 2.45) is 0 Å². The third kappa shape index (κ3) is 8.98. The highest BCUT2D eigenvalue weighted by Crippen LogP contribution is 2.50. The van der Waals surface area contributed by atoms with Gasteiger partial charge in [0.15, 0.2) is 0 Å². The van der Waals surface area contributed by atoms with Crippen LogP contribution in [0.5, 0.6) is 0 Å². The summed E-state index contributed by atoms with van der Waals surface area (Å²) in [6, 6.07) is 79.4. The molecule has 406 valence electrons. The van der Waals surface area contributed by atoms with Crippen LogP contribution in [0.3, 0.4) is 0 Å². The van der Waals surface area contributed by atoms with E-state index in [0.29, 0.717) is 0 Å². The summed E-state index contributed by atoms with van der Waals surface area (Å²) in [5.74, 6) is 0. The maximum atomic E-state index is 2.67. The Balaban J connectivity index is 1.21. The maximum absolute atomic E-state index is 2.67. The minimum absolute atomic E-state index is 0.0965. The van der Waals surface area contributed by atoms with E-state index in [0.717, 1.165) is 5.69 Å². The van der Waals surface area contributed by atoms with E-state index in [9.17, 15) is 0 Å². The number of nitrogens with zero attached hydrogens (tertiary/aromatic N) is 3. The van der Waals surface area contributed by atoms with Gasteiger partial charge in [0.2, 0.25) is 0 Å². The Hall–Kier alpha value is -8.34. The Labute approximate surface area is 488 Å². The lowest BCUT2D eigenvalue weighted by Crippen LogP contribution is -2.61. The fourth-order valence-electron chi connectivity index (χ4n) is 13.1. The van der Waals surface area contributed by atoms with Crippen LogP contribution in [-0.4, -0.2) is 11.3 Å². The number of aryl methyl sites for hydroxylation is 2. The van der Waals surface area contributed by atoms with Crippen LogP contribution in [0.25, 0.3) is 60.9 Å². The van der Waals surface area contributed by atoms with E-state index < -0.39 is 0 Å². The molecule has 0 spiro atoms. The third-order valence-electron chi connectivity index (χ3n) is 17.8. The summed E-state index contributed by atoms with van der Waals surface area (Å²) in [6.07, 6.45) is 0. The first-order chi connectivity index (χ1) is 39.0. The van der Waals surface area contributed by atoms with Crippen molar-refractivity contribution in [1.82, 2.24) is 4.57 Å². The van der Waals surface area contributed by atoms with Crippen molar-refractivity contribution in [3.63, 3.8) is 0 Å². The molecule has 0 N–H and O–H groups in total. The van der Waals surface area contributed by atoms with Gasteiger partial charge in [0, 0.05) is 44.9 Å². The first-order valence-electron chi connectivity index (χ1n) is 29.6. The number of anilines is 6. The molecule has 2 aliphatic heterocycles. The van der Waals surface area contributed by atoms with E-state index >= 15 is 0 Å². The van der Waals surface area contributed by atoms with Gasteiger partial charge in [-0.25, -0.2) is 0 Å². The van der Waals surface area contributed by atoms with Crippen molar-refractivity contribution in [2.75, 3.05) is 9.80 Å². The molecule has 13 rings (SSSR count). The molecule has 0 radical (unpaired) electrons. The minimum Gasteiger partial charge on any atom is -0.311 e. The zero-order valence-electron chi connectivity index (χ0n) is 50.5. The summed E-state index contributed by atoms with van der Waals surface area (Å²) >= 11 is 0. The summed E-state index contributed by atoms with van der Waals surface area (Å²) in [7, 11) is 0. The molecule has 2 aliphatic rings. The molecule has 0 saturated carbocycles. The fourth-order valence-corrected chi connectivity index (χ4v) is 13.1. The third-order valence-corrected chi connectivity index (χ3v) is 17.8. The molecular formula is C78H76BN3. The Morgan fingerprint density at radius 3 is 1.18 bits per heavy atom. The average molecular weight is 1070 g/mol. The molecule has 3 nitrogen and oxygen atoms in total. The van der Waals surface area contributed by atoms with Crippen molar-refractivity contribution in [3.8, 4) is 39.1 Å². The molecule has 0 unspecified atom stereocenters. The van der Waals surface area contributed by atoms with Gasteiger partial charge < -0.3 is 14.4 Å². The largest absolute Gasteiger partial charge is 0.311 e. The highest BCUT2D eigenvalue weighted by Gasteiger charge is 2.45. The molecule has 0 aliphatic carbocycles. The van der Waals surface area contributed by atoms with Crippen molar-refractivity contribution in [3.05, 3.63) is 240 Å². The van der Waals surface area contributed by atoms with Gasteiger partial charge in [-0.05, 0) is 185 Å². The molecule has 11 aromatic rings. The Bertz CT molecular complexity index is 4090. The number of hydrogen-bond acceptors (Lipinski definition) is 2. The van der Waals surface area contributed by atoms with Crippen LogP contribution in [0.1, 0.15) is 116 Å². The van der Waals surface area contributed by atoms with Crippen LogP contribution in [0.4, 0.5) is 34.1 Å². The number of fused-ring (bicyclic) bond motifs is 7. The summed E-state index contributed by atoms with van der Waals surface area (Å²) in [5.41, 5.74) is 29.2. The molecule has 10 aromatic carbocycles. The zero-order valence-corrected chi connectivity index (χ0v) is 50.5. The molecule has 0 atom stereocenters. The zero-order chi connectivity index (χ0) is 57.4. The van der Waals surface area contributed by atoms with Crippen LogP contribution < -0.4 is 26.2 Å². The number of aromatic nitrogens is 1. The van der Waals surface area contributed by atoms with E-state index in [2.05, 4.69) is 318 Å². The van der Waals surface area contributed by atoms with E-state index in [1.54, 1.807) is 0 Å². The number of para-hydroxylation sites is 1. The second-order valence-corrected chi connectivity index (χ2v) is 27.7. The van der Waals surface area contributed by atoms with Crippen LogP contribution >= 0.6 is 0 Å². The van der Waals surface area contributed by atoms with Gasteiger partial charge in [0.25, 0.3) is 6.71 Å². The Morgan fingerprint density at radius 1 is 0.305 bits per heavy atom. The van der Waals surface area contributed by atoms with E-state index in [-0.39, 0.29) is 28.4 Å². The molecule has 4 heteroatoms. The summed E-state index contributed by atoms with van der Waals surface area (Å²) in [4.78, 5) is 5.33. The lowest BCUT2D eigenvalue weighted by molar-refractivity contribution is 0.568. The van der Waals surface area contributed by atoms with Gasteiger partial charge in [-0.15, -0.1) is 0 Å². The van der Waals surface area contributed by atoms with Gasteiger partial charge in [0.05, 0.1) is 16.7 Å². The van der Waals surface area contributed by atoms with Gasteiger partial charge in [-0.2, -0.15) is 0 Å².